The van der Waals surface area contributed by atoms with Gasteiger partial charge in [0.25, 0.3) is 0 Å². The monoisotopic (exact) mass is 372 g/mol. The average Bonchev–Trinajstić information content (AvgIpc) is 3.17. The molecule has 2 aromatic rings. The van der Waals surface area contributed by atoms with E-state index in [1.165, 1.54) is 35.4 Å². The summed E-state index contributed by atoms with van der Waals surface area (Å²) in [5.74, 6) is 0.748. The van der Waals surface area contributed by atoms with Crippen molar-refractivity contribution in [2.45, 2.75) is 48.5 Å². The Balaban J connectivity index is 1.47. The lowest BCUT2D eigenvalue weighted by molar-refractivity contribution is 0.123. The summed E-state index contributed by atoms with van der Waals surface area (Å²) in [6.45, 7) is 1.66. The van der Waals surface area contributed by atoms with Crippen LogP contribution in [-0.2, 0) is 7.05 Å². The Kier molecular flexibility index (Phi) is 4.20. The van der Waals surface area contributed by atoms with E-state index < -0.39 is 6.17 Å². The van der Waals surface area contributed by atoms with Crippen LogP contribution in [0.25, 0.3) is 11.1 Å². The normalized spacial score (nSPS) is 24.7. The van der Waals surface area contributed by atoms with Crippen molar-refractivity contribution in [1.29, 1.82) is 0 Å². The molecule has 3 aliphatic rings. The highest BCUT2D eigenvalue weighted by Crippen LogP contribution is 2.52. The van der Waals surface area contributed by atoms with Gasteiger partial charge in [0.2, 0.25) is 0 Å². The van der Waals surface area contributed by atoms with Gasteiger partial charge >= 0.3 is 0 Å². The first-order valence-electron chi connectivity index (χ1n) is 9.67. The first-order chi connectivity index (χ1) is 12.7. The Morgan fingerprint density at radius 2 is 1.92 bits per heavy atom. The number of aryl methyl sites for hydroxylation is 1. The van der Waals surface area contributed by atoms with E-state index in [2.05, 4.69) is 39.5 Å². The standard InChI is InChI=1S/C20H25FN4S/c1-23-13-16(12-22-23)15-5-6-18-19(11-15)26-20(14-3-2-4-14)25(18)24-9-7-17(21)8-10-24/h5-6,11-14,17,20H,2-4,7-10H2,1H3. The number of fused-ring (bicyclic) bond motifs is 1. The van der Waals surface area contributed by atoms with E-state index in [4.69, 9.17) is 0 Å². The molecule has 1 unspecified atom stereocenters. The van der Waals surface area contributed by atoms with Gasteiger partial charge in [-0.3, -0.25) is 9.69 Å². The molecule has 138 valence electrons. The maximum absolute atomic E-state index is 13.7. The Labute approximate surface area is 158 Å². The van der Waals surface area contributed by atoms with Crippen LogP contribution in [-0.4, -0.2) is 39.4 Å². The second-order valence-electron chi connectivity index (χ2n) is 7.76. The molecule has 1 saturated heterocycles. The van der Waals surface area contributed by atoms with Crippen molar-refractivity contribution >= 4 is 17.4 Å². The first-order valence-corrected chi connectivity index (χ1v) is 10.5. The van der Waals surface area contributed by atoms with Crippen LogP contribution >= 0.6 is 11.8 Å². The molecule has 1 aromatic heterocycles. The molecule has 26 heavy (non-hydrogen) atoms. The quantitative estimate of drug-likeness (QED) is 0.793. The zero-order valence-electron chi connectivity index (χ0n) is 15.1. The van der Waals surface area contributed by atoms with Crippen molar-refractivity contribution in [3.05, 3.63) is 30.6 Å². The fraction of sp³-hybridized carbons (Fsp3) is 0.550. The number of alkyl halides is 1. The summed E-state index contributed by atoms with van der Waals surface area (Å²) in [6.07, 6.45) is 8.65. The Morgan fingerprint density at radius 1 is 1.12 bits per heavy atom. The minimum absolute atomic E-state index is 0.471. The largest absolute Gasteiger partial charge is 0.291 e. The zero-order valence-corrected chi connectivity index (χ0v) is 16.0. The topological polar surface area (TPSA) is 24.3 Å². The molecule has 3 heterocycles. The number of thioether (sulfide) groups is 1. The maximum Gasteiger partial charge on any atom is 0.103 e. The number of halogens is 1. The molecule has 0 bridgehead atoms. The minimum Gasteiger partial charge on any atom is -0.291 e. The number of hydrogen-bond acceptors (Lipinski definition) is 4. The smallest absolute Gasteiger partial charge is 0.103 e. The summed E-state index contributed by atoms with van der Waals surface area (Å²) >= 11 is 2.00. The Bertz CT molecular complexity index is 795. The van der Waals surface area contributed by atoms with E-state index in [0.717, 1.165) is 24.6 Å². The Morgan fingerprint density at radius 3 is 2.58 bits per heavy atom. The lowest BCUT2D eigenvalue weighted by Crippen LogP contribution is -2.52. The van der Waals surface area contributed by atoms with Gasteiger partial charge in [-0.25, -0.2) is 9.40 Å². The van der Waals surface area contributed by atoms with E-state index in [1.54, 1.807) is 0 Å². The van der Waals surface area contributed by atoms with Crippen LogP contribution in [0.15, 0.2) is 35.5 Å². The molecule has 2 aliphatic heterocycles. The van der Waals surface area contributed by atoms with Gasteiger partial charge in [-0.05, 0) is 49.3 Å². The molecular weight excluding hydrogens is 347 g/mol. The van der Waals surface area contributed by atoms with Gasteiger partial charge in [-0.1, -0.05) is 24.2 Å². The average molecular weight is 373 g/mol. The second kappa shape index (κ2) is 6.57. The van der Waals surface area contributed by atoms with Crippen molar-refractivity contribution in [1.82, 2.24) is 14.8 Å². The third-order valence-corrected chi connectivity index (χ3v) is 7.40. The number of benzene rings is 1. The van der Waals surface area contributed by atoms with Gasteiger partial charge in [0.05, 0.1) is 17.3 Å². The molecule has 0 N–H and O–H groups in total. The van der Waals surface area contributed by atoms with E-state index in [0.29, 0.717) is 18.2 Å². The highest BCUT2D eigenvalue weighted by Gasteiger charge is 2.42. The van der Waals surface area contributed by atoms with Crippen LogP contribution in [0.4, 0.5) is 10.1 Å². The highest BCUT2D eigenvalue weighted by atomic mass is 32.2. The zero-order chi connectivity index (χ0) is 17.7. The van der Waals surface area contributed by atoms with Crippen LogP contribution < -0.4 is 5.01 Å². The highest BCUT2D eigenvalue weighted by molar-refractivity contribution is 8.00. The molecule has 4 nitrogen and oxygen atoms in total. The number of nitrogens with zero attached hydrogens (tertiary/aromatic N) is 4. The van der Waals surface area contributed by atoms with Crippen molar-refractivity contribution in [2.24, 2.45) is 13.0 Å². The van der Waals surface area contributed by atoms with Gasteiger partial charge in [-0.2, -0.15) is 5.10 Å². The molecule has 2 fully saturated rings. The van der Waals surface area contributed by atoms with Gasteiger partial charge in [-0.15, -0.1) is 0 Å². The third-order valence-electron chi connectivity index (χ3n) is 5.99. The lowest BCUT2D eigenvalue weighted by atomic mass is 9.85. The van der Waals surface area contributed by atoms with Gasteiger partial charge in [0, 0.05) is 36.8 Å². The molecule has 1 atom stereocenters. The molecule has 5 rings (SSSR count). The van der Waals surface area contributed by atoms with E-state index in [1.807, 2.05) is 29.7 Å². The third kappa shape index (κ3) is 2.83. The molecule has 1 aromatic carbocycles. The van der Waals surface area contributed by atoms with Crippen LogP contribution in [0.1, 0.15) is 32.1 Å². The molecular formula is C20H25FN4S. The number of rotatable bonds is 3. The van der Waals surface area contributed by atoms with Crippen molar-refractivity contribution in [3.8, 4) is 11.1 Å². The van der Waals surface area contributed by atoms with Crippen LogP contribution in [0, 0.1) is 5.92 Å². The SMILES string of the molecule is Cn1cc(-c2ccc3c(c2)SC(C2CCC2)N3N2CCC(F)CC2)cn1. The fourth-order valence-corrected chi connectivity index (χ4v) is 5.80. The molecule has 0 radical (unpaired) electrons. The second-order valence-corrected chi connectivity index (χ2v) is 8.92. The van der Waals surface area contributed by atoms with Gasteiger partial charge in [0.1, 0.15) is 6.17 Å². The van der Waals surface area contributed by atoms with Crippen LogP contribution in [0.2, 0.25) is 0 Å². The van der Waals surface area contributed by atoms with Gasteiger partial charge in [0.15, 0.2) is 0 Å². The van der Waals surface area contributed by atoms with E-state index >= 15 is 0 Å². The van der Waals surface area contributed by atoms with Crippen molar-refractivity contribution < 1.29 is 4.39 Å². The fourth-order valence-electron chi connectivity index (χ4n) is 4.25. The molecule has 1 aliphatic carbocycles. The summed E-state index contributed by atoms with van der Waals surface area (Å²) in [4.78, 5) is 1.35. The first kappa shape index (κ1) is 16.6. The molecule has 1 saturated carbocycles. The number of hydrazine groups is 1. The van der Waals surface area contributed by atoms with E-state index in [-0.39, 0.29) is 0 Å². The number of aromatic nitrogens is 2. The number of piperidine rings is 1. The number of hydrogen-bond donors (Lipinski definition) is 0. The summed E-state index contributed by atoms with van der Waals surface area (Å²) in [6, 6.07) is 6.77. The van der Waals surface area contributed by atoms with Gasteiger partial charge < -0.3 is 0 Å². The summed E-state index contributed by atoms with van der Waals surface area (Å²) < 4.78 is 15.5. The lowest BCUT2D eigenvalue weighted by Gasteiger charge is -2.44. The number of anilines is 1. The van der Waals surface area contributed by atoms with E-state index in [9.17, 15) is 4.39 Å². The summed E-state index contributed by atoms with van der Waals surface area (Å²) in [5.41, 5.74) is 3.69. The predicted molar refractivity (Wildman–Crippen MR) is 104 cm³/mol. The molecule has 0 amide bonds. The summed E-state index contributed by atoms with van der Waals surface area (Å²) in [7, 11) is 1.95. The Hall–Kier alpha value is -1.53. The predicted octanol–water partition coefficient (Wildman–Crippen LogP) is 4.47. The van der Waals surface area contributed by atoms with Crippen LogP contribution in [0.3, 0.4) is 0 Å². The molecule has 6 heteroatoms. The van der Waals surface area contributed by atoms with Crippen LogP contribution in [0.5, 0.6) is 0 Å². The van der Waals surface area contributed by atoms with Crippen molar-refractivity contribution in [3.63, 3.8) is 0 Å². The molecule has 0 spiro atoms. The summed E-state index contributed by atoms with van der Waals surface area (Å²) in [5, 5.41) is 9.68. The van der Waals surface area contributed by atoms with Crippen molar-refractivity contribution in [2.75, 3.05) is 18.1 Å². The minimum atomic E-state index is -0.629. The maximum atomic E-state index is 13.7.